The van der Waals surface area contributed by atoms with E-state index in [-0.39, 0.29) is 30.3 Å². The summed E-state index contributed by atoms with van der Waals surface area (Å²) in [5.41, 5.74) is 1.39. The first-order chi connectivity index (χ1) is 15.6. The van der Waals surface area contributed by atoms with Gasteiger partial charge in [-0.25, -0.2) is 4.79 Å². The van der Waals surface area contributed by atoms with Crippen molar-refractivity contribution < 1.29 is 33.6 Å². The zero-order valence-electron chi connectivity index (χ0n) is 17.3. The van der Waals surface area contributed by atoms with Crippen molar-refractivity contribution in [3.63, 3.8) is 0 Å². The molecule has 0 spiro atoms. The molecule has 0 aromatic heterocycles. The Balaban J connectivity index is 1.29. The second-order valence-corrected chi connectivity index (χ2v) is 8.30. The minimum Gasteiger partial charge on any atom is -0.462 e. The van der Waals surface area contributed by atoms with Gasteiger partial charge < -0.3 is 24.1 Å². The number of benzene rings is 2. The second-order valence-electron chi connectivity index (χ2n) is 8.30. The van der Waals surface area contributed by atoms with Crippen LogP contribution in [0.3, 0.4) is 0 Å². The summed E-state index contributed by atoms with van der Waals surface area (Å²) in [5, 5.41) is 10.7. The monoisotopic (exact) mass is 436 g/mol. The van der Waals surface area contributed by atoms with Crippen molar-refractivity contribution in [3.8, 4) is 5.75 Å². The minimum absolute atomic E-state index is 0.103. The van der Waals surface area contributed by atoms with Crippen LogP contribution in [0, 0.1) is 11.8 Å². The number of esters is 2. The van der Waals surface area contributed by atoms with E-state index < -0.39 is 24.5 Å². The third kappa shape index (κ3) is 4.13. The van der Waals surface area contributed by atoms with E-state index in [4.69, 9.17) is 18.9 Å². The topological polar surface area (TPSA) is 91.3 Å². The summed E-state index contributed by atoms with van der Waals surface area (Å²) in [7, 11) is 0. The van der Waals surface area contributed by atoms with Crippen LogP contribution in [0.15, 0.2) is 66.7 Å². The number of carbonyl (C=O) groups excluding carboxylic acids is 2. The van der Waals surface area contributed by atoms with Crippen molar-refractivity contribution >= 4 is 11.9 Å². The van der Waals surface area contributed by atoms with E-state index in [1.54, 1.807) is 36.4 Å². The smallest absolute Gasteiger partial charge is 0.338 e. The number of hydrogen-bond acceptors (Lipinski definition) is 7. The maximum absolute atomic E-state index is 12.6. The molecule has 2 aliphatic heterocycles. The van der Waals surface area contributed by atoms with Crippen molar-refractivity contribution in [2.75, 3.05) is 0 Å². The van der Waals surface area contributed by atoms with Gasteiger partial charge in [0.1, 0.15) is 24.1 Å². The molecule has 0 bridgehead atoms. The van der Waals surface area contributed by atoms with Crippen molar-refractivity contribution in [1.29, 1.82) is 0 Å². The molecule has 2 aromatic rings. The lowest BCUT2D eigenvalue weighted by Gasteiger charge is -2.28. The molecule has 2 heterocycles. The molecule has 1 N–H and O–H groups in total. The Bertz CT molecular complexity index is 1020. The van der Waals surface area contributed by atoms with E-state index in [0.717, 1.165) is 5.56 Å². The first-order valence-electron chi connectivity index (χ1n) is 10.8. The highest BCUT2D eigenvalue weighted by molar-refractivity contribution is 5.89. The molecular weight excluding hydrogens is 412 g/mol. The molecular formula is C25H24O7. The molecule has 3 aliphatic rings. The van der Waals surface area contributed by atoms with Crippen LogP contribution in [0.25, 0.3) is 0 Å². The Hall–Kier alpha value is -3.16. The molecule has 1 aliphatic carbocycles. The zero-order chi connectivity index (χ0) is 22.1. The minimum atomic E-state index is -1.02. The van der Waals surface area contributed by atoms with Crippen LogP contribution < -0.4 is 4.74 Å². The second kappa shape index (κ2) is 8.76. The number of aliphatic hydroxyl groups excluding tert-OH is 1. The van der Waals surface area contributed by atoms with Gasteiger partial charge in [0.05, 0.1) is 18.6 Å². The van der Waals surface area contributed by atoms with Crippen LogP contribution in [0.1, 0.15) is 28.8 Å². The predicted octanol–water partition coefficient (Wildman–Crippen LogP) is 3.02. The molecule has 1 unspecified atom stereocenters. The number of hydrogen-bond donors (Lipinski definition) is 1. The van der Waals surface area contributed by atoms with Gasteiger partial charge in [0.2, 0.25) is 6.29 Å². The van der Waals surface area contributed by atoms with Crippen LogP contribution in [-0.4, -0.2) is 41.6 Å². The number of ether oxygens (including phenoxy) is 4. The molecule has 2 aromatic carbocycles. The summed E-state index contributed by atoms with van der Waals surface area (Å²) in [6.45, 7) is 0.347. The Morgan fingerprint density at radius 1 is 1.09 bits per heavy atom. The van der Waals surface area contributed by atoms with E-state index in [2.05, 4.69) is 0 Å². The number of aliphatic hydroxyl groups is 1. The zero-order valence-corrected chi connectivity index (χ0v) is 17.3. The highest BCUT2D eigenvalue weighted by Gasteiger charge is 2.50. The van der Waals surface area contributed by atoms with Crippen LogP contribution in [0.5, 0.6) is 5.75 Å². The number of rotatable bonds is 5. The molecule has 1 saturated heterocycles. The van der Waals surface area contributed by atoms with Gasteiger partial charge in [-0.3, -0.25) is 4.79 Å². The molecule has 2 fully saturated rings. The largest absolute Gasteiger partial charge is 0.462 e. The Labute approximate surface area is 185 Å². The predicted molar refractivity (Wildman–Crippen MR) is 113 cm³/mol. The van der Waals surface area contributed by atoms with Crippen molar-refractivity contribution in [3.05, 3.63) is 77.9 Å². The molecule has 7 nitrogen and oxygen atoms in total. The fourth-order valence-electron chi connectivity index (χ4n) is 4.64. The molecule has 5 rings (SSSR count). The molecule has 7 heteroatoms. The van der Waals surface area contributed by atoms with Crippen LogP contribution in [0.4, 0.5) is 0 Å². The van der Waals surface area contributed by atoms with E-state index in [0.29, 0.717) is 24.3 Å². The summed E-state index contributed by atoms with van der Waals surface area (Å²) in [5.74, 6) is -0.349. The summed E-state index contributed by atoms with van der Waals surface area (Å²) in [6, 6.07) is 16.3. The fourth-order valence-corrected chi connectivity index (χ4v) is 4.64. The average Bonchev–Trinajstić information content (AvgIpc) is 3.33. The van der Waals surface area contributed by atoms with E-state index in [1.165, 1.54) is 0 Å². The Morgan fingerprint density at radius 2 is 1.88 bits per heavy atom. The van der Waals surface area contributed by atoms with Crippen molar-refractivity contribution in [2.45, 2.75) is 44.1 Å². The maximum Gasteiger partial charge on any atom is 0.338 e. The molecule has 6 atom stereocenters. The normalized spacial score (nSPS) is 29.7. The van der Waals surface area contributed by atoms with Crippen LogP contribution >= 0.6 is 0 Å². The standard InChI is InChI=1S/C25H24O7/c26-19(25-29-14-16-8-4-5-9-20(16)32-25)11-10-17-18-12-23(27)30-22(18)13-21(17)31-24(28)15-6-2-1-3-7-15/h1-11,17-19,21-22,25-26H,12-14H2/b11-10+/t17-,18-,19+,21-,22+,25?/m1/s1. The summed E-state index contributed by atoms with van der Waals surface area (Å²) in [6.07, 6.45) is 1.48. The van der Waals surface area contributed by atoms with E-state index in [1.807, 2.05) is 30.3 Å². The average molecular weight is 436 g/mol. The fraction of sp³-hybridized carbons (Fsp3) is 0.360. The summed E-state index contributed by atoms with van der Waals surface area (Å²) in [4.78, 5) is 24.4. The van der Waals surface area contributed by atoms with Gasteiger partial charge in [0.25, 0.3) is 0 Å². The first kappa shape index (κ1) is 20.7. The van der Waals surface area contributed by atoms with Gasteiger partial charge in [0, 0.05) is 23.8 Å². The molecule has 32 heavy (non-hydrogen) atoms. The maximum atomic E-state index is 12.6. The first-order valence-corrected chi connectivity index (χ1v) is 10.8. The lowest BCUT2D eigenvalue weighted by atomic mass is 9.91. The van der Waals surface area contributed by atoms with E-state index in [9.17, 15) is 14.7 Å². The third-order valence-electron chi connectivity index (χ3n) is 6.25. The van der Waals surface area contributed by atoms with Gasteiger partial charge >= 0.3 is 11.9 Å². The quantitative estimate of drug-likeness (QED) is 0.569. The van der Waals surface area contributed by atoms with Crippen molar-refractivity contribution in [1.82, 2.24) is 0 Å². The Morgan fingerprint density at radius 3 is 2.72 bits per heavy atom. The van der Waals surface area contributed by atoms with Crippen molar-refractivity contribution in [2.24, 2.45) is 11.8 Å². The van der Waals surface area contributed by atoms with Gasteiger partial charge in [-0.2, -0.15) is 0 Å². The van der Waals surface area contributed by atoms with Crippen LogP contribution in [0.2, 0.25) is 0 Å². The molecule has 166 valence electrons. The van der Waals surface area contributed by atoms with Gasteiger partial charge in [-0.05, 0) is 18.2 Å². The number of para-hydroxylation sites is 1. The van der Waals surface area contributed by atoms with Gasteiger partial charge in [-0.1, -0.05) is 48.6 Å². The lowest BCUT2D eigenvalue weighted by molar-refractivity contribution is -0.152. The SMILES string of the molecule is O=C1C[C@@H]2[C@@H](/C=C/[C@H](O)C3OCc4ccccc4O3)[C@H](OC(=O)c3ccccc3)C[C@@H]2O1. The van der Waals surface area contributed by atoms with Crippen LogP contribution in [-0.2, 0) is 25.6 Å². The summed E-state index contributed by atoms with van der Waals surface area (Å²) < 4.78 is 22.6. The highest BCUT2D eigenvalue weighted by Crippen LogP contribution is 2.44. The van der Waals surface area contributed by atoms with E-state index >= 15 is 0 Å². The van der Waals surface area contributed by atoms with Gasteiger partial charge in [0.15, 0.2) is 0 Å². The lowest BCUT2D eigenvalue weighted by Crippen LogP contribution is -2.36. The Kier molecular flexibility index (Phi) is 5.68. The molecule has 1 saturated carbocycles. The molecule has 0 radical (unpaired) electrons. The third-order valence-corrected chi connectivity index (χ3v) is 6.25. The molecule has 0 amide bonds. The number of carbonyl (C=O) groups is 2. The number of fused-ring (bicyclic) bond motifs is 2. The van der Waals surface area contributed by atoms with Gasteiger partial charge in [-0.15, -0.1) is 0 Å². The highest BCUT2D eigenvalue weighted by atomic mass is 16.7. The summed E-state index contributed by atoms with van der Waals surface area (Å²) >= 11 is 0.